The van der Waals surface area contributed by atoms with E-state index in [1.807, 2.05) is 24.3 Å². The number of hydrogen-bond donors (Lipinski definition) is 0. The van der Waals surface area contributed by atoms with E-state index < -0.39 is 0 Å². The van der Waals surface area contributed by atoms with Crippen LogP contribution in [0, 0.1) is 0 Å². The Morgan fingerprint density at radius 3 is 2.68 bits per heavy atom. The number of amides is 2. The Hall–Kier alpha value is -2.34. The van der Waals surface area contributed by atoms with Crippen LogP contribution in [0.1, 0.15) is 24.8 Å². The molecule has 0 spiro atoms. The van der Waals surface area contributed by atoms with Crippen LogP contribution in [-0.4, -0.2) is 41.5 Å². The Morgan fingerprint density at radius 2 is 1.92 bits per heavy atom. The number of hydrogen-bond acceptors (Lipinski definition) is 4. The largest absolute Gasteiger partial charge is 0.351 e. The number of likely N-dealkylation sites (tertiary alicyclic amines) is 1. The van der Waals surface area contributed by atoms with Gasteiger partial charge in [-0.15, -0.1) is 6.58 Å². The molecule has 1 aromatic rings. The SMILES string of the molecule is C=CCN1C(=O)/C(=C2/SC(N3CCCCC3)=NC2=O)c2ccccc21. The Kier molecular flexibility index (Phi) is 4.21. The third kappa shape index (κ3) is 2.70. The molecule has 0 aliphatic carbocycles. The summed E-state index contributed by atoms with van der Waals surface area (Å²) in [5, 5.41) is 0.736. The number of rotatable bonds is 2. The molecule has 0 atom stereocenters. The molecule has 0 N–H and O–H groups in total. The van der Waals surface area contributed by atoms with E-state index in [9.17, 15) is 9.59 Å². The van der Waals surface area contributed by atoms with Crippen LogP contribution in [0.5, 0.6) is 0 Å². The maximum atomic E-state index is 13.0. The average Bonchev–Trinajstić information content (AvgIpc) is 3.14. The van der Waals surface area contributed by atoms with Gasteiger partial charge in [0.15, 0.2) is 5.17 Å². The van der Waals surface area contributed by atoms with Crippen molar-refractivity contribution >= 4 is 40.0 Å². The van der Waals surface area contributed by atoms with E-state index >= 15 is 0 Å². The Bertz CT molecular complexity index is 822. The van der Waals surface area contributed by atoms with Gasteiger partial charge in [0.1, 0.15) is 0 Å². The molecular weight excluding hydrogens is 334 g/mol. The zero-order valence-electron chi connectivity index (χ0n) is 13.9. The Balaban J connectivity index is 1.72. The molecule has 0 radical (unpaired) electrons. The number of fused-ring (bicyclic) bond motifs is 1. The molecule has 128 valence electrons. The molecule has 0 bridgehead atoms. The Morgan fingerprint density at radius 1 is 1.16 bits per heavy atom. The van der Waals surface area contributed by atoms with Crippen molar-refractivity contribution in [1.29, 1.82) is 0 Å². The van der Waals surface area contributed by atoms with Crippen LogP contribution < -0.4 is 4.90 Å². The number of para-hydroxylation sites is 1. The van der Waals surface area contributed by atoms with Crippen molar-refractivity contribution in [3.8, 4) is 0 Å². The van der Waals surface area contributed by atoms with Crippen LogP contribution in [0.15, 0.2) is 46.8 Å². The number of anilines is 1. The first-order valence-corrected chi connectivity index (χ1v) is 9.34. The van der Waals surface area contributed by atoms with Gasteiger partial charge < -0.3 is 9.80 Å². The zero-order valence-corrected chi connectivity index (χ0v) is 14.7. The van der Waals surface area contributed by atoms with Crippen molar-refractivity contribution in [2.75, 3.05) is 24.5 Å². The topological polar surface area (TPSA) is 53.0 Å². The van der Waals surface area contributed by atoms with E-state index in [1.54, 1.807) is 11.0 Å². The summed E-state index contributed by atoms with van der Waals surface area (Å²) in [5.41, 5.74) is 2.11. The van der Waals surface area contributed by atoms with Crippen LogP contribution >= 0.6 is 11.8 Å². The second kappa shape index (κ2) is 6.52. The van der Waals surface area contributed by atoms with Crippen molar-refractivity contribution in [2.24, 2.45) is 4.99 Å². The smallest absolute Gasteiger partial charge is 0.287 e. The fourth-order valence-corrected chi connectivity index (χ4v) is 4.54. The van der Waals surface area contributed by atoms with E-state index in [1.165, 1.54) is 18.2 Å². The molecule has 3 heterocycles. The number of carbonyl (C=O) groups excluding carboxylic acids is 2. The van der Waals surface area contributed by atoms with Crippen LogP contribution in [0.25, 0.3) is 5.57 Å². The first-order valence-electron chi connectivity index (χ1n) is 8.53. The number of amidine groups is 1. The number of nitrogens with zero attached hydrogens (tertiary/aromatic N) is 3. The van der Waals surface area contributed by atoms with Crippen LogP contribution in [0.3, 0.4) is 0 Å². The summed E-state index contributed by atoms with van der Waals surface area (Å²) in [7, 11) is 0. The van der Waals surface area contributed by atoms with Gasteiger partial charge >= 0.3 is 0 Å². The number of thioether (sulfide) groups is 1. The minimum absolute atomic E-state index is 0.146. The van der Waals surface area contributed by atoms with Gasteiger partial charge in [-0.2, -0.15) is 4.99 Å². The summed E-state index contributed by atoms with van der Waals surface area (Å²) in [5.74, 6) is -0.448. The highest BCUT2D eigenvalue weighted by atomic mass is 32.2. The van der Waals surface area contributed by atoms with Crippen LogP contribution in [0.2, 0.25) is 0 Å². The summed E-state index contributed by atoms with van der Waals surface area (Å²) < 4.78 is 0. The number of piperidine rings is 1. The summed E-state index contributed by atoms with van der Waals surface area (Å²) >= 11 is 1.34. The lowest BCUT2D eigenvalue weighted by atomic mass is 10.1. The van der Waals surface area contributed by atoms with Crippen molar-refractivity contribution in [3.63, 3.8) is 0 Å². The molecule has 0 saturated carbocycles. The highest BCUT2D eigenvalue weighted by molar-refractivity contribution is 8.18. The summed E-state index contributed by atoms with van der Waals surface area (Å²) in [6.45, 7) is 6.00. The van der Waals surface area contributed by atoms with Crippen molar-refractivity contribution in [3.05, 3.63) is 47.4 Å². The van der Waals surface area contributed by atoms with Gasteiger partial charge in [0.25, 0.3) is 11.8 Å². The Labute approximate surface area is 151 Å². The molecule has 3 aliphatic rings. The molecule has 0 unspecified atom stereocenters. The predicted molar refractivity (Wildman–Crippen MR) is 101 cm³/mol. The van der Waals surface area contributed by atoms with Gasteiger partial charge in [-0.05, 0) is 37.1 Å². The lowest BCUT2D eigenvalue weighted by Gasteiger charge is -2.27. The van der Waals surface area contributed by atoms with Crippen LogP contribution in [-0.2, 0) is 9.59 Å². The third-order valence-corrected chi connectivity index (χ3v) is 5.79. The molecule has 1 saturated heterocycles. The monoisotopic (exact) mass is 353 g/mol. The molecule has 1 fully saturated rings. The lowest BCUT2D eigenvalue weighted by molar-refractivity contribution is -0.115. The lowest BCUT2D eigenvalue weighted by Crippen LogP contribution is -2.33. The van der Waals surface area contributed by atoms with Gasteiger partial charge in [0.05, 0.1) is 16.2 Å². The molecule has 5 nitrogen and oxygen atoms in total. The number of carbonyl (C=O) groups is 2. The fourth-order valence-electron chi connectivity index (χ4n) is 3.48. The molecule has 1 aromatic carbocycles. The molecule has 0 aromatic heterocycles. The average molecular weight is 353 g/mol. The quantitative estimate of drug-likeness (QED) is 0.606. The van der Waals surface area contributed by atoms with Crippen molar-refractivity contribution in [2.45, 2.75) is 19.3 Å². The van der Waals surface area contributed by atoms with Gasteiger partial charge in [-0.25, -0.2) is 0 Å². The second-order valence-corrected chi connectivity index (χ2v) is 7.25. The van der Waals surface area contributed by atoms with Crippen LogP contribution in [0.4, 0.5) is 5.69 Å². The molecule has 4 rings (SSSR count). The normalized spacial score (nSPS) is 23.1. The predicted octanol–water partition coefficient (Wildman–Crippen LogP) is 3.05. The molecule has 2 amide bonds. The first-order chi connectivity index (χ1) is 12.2. The standard InChI is InChI=1S/C19H19N3O2S/c1-2-10-22-14-9-5-4-8-13(14)15(18(22)24)16-17(23)20-19(25-16)21-11-6-3-7-12-21/h2,4-5,8-9H,1,3,6-7,10-12H2/b16-15+. The minimum Gasteiger partial charge on any atom is -0.351 e. The summed E-state index contributed by atoms with van der Waals surface area (Å²) in [6.07, 6.45) is 5.16. The van der Waals surface area contributed by atoms with Crippen molar-refractivity contribution < 1.29 is 9.59 Å². The van der Waals surface area contributed by atoms with E-state index in [0.29, 0.717) is 17.0 Å². The maximum absolute atomic E-state index is 13.0. The van der Waals surface area contributed by atoms with E-state index in [0.717, 1.165) is 42.3 Å². The first kappa shape index (κ1) is 16.1. The van der Waals surface area contributed by atoms with Gasteiger partial charge in [-0.3, -0.25) is 9.59 Å². The maximum Gasteiger partial charge on any atom is 0.287 e. The molecule has 25 heavy (non-hydrogen) atoms. The minimum atomic E-state index is -0.302. The van der Waals surface area contributed by atoms with E-state index in [4.69, 9.17) is 0 Å². The third-order valence-electron chi connectivity index (χ3n) is 4.67. The molecular formula is C19H19N3O2S. The van der Waals surface area contributed by atoms with Gasteiger partial charge in [0, 0.05) is 25.2 Å². The summed E-state index contributed by atoms with van der Waals surface area (Å²) in [6, 6.07) is 7.59. The molecule has 3 aliphatic heterocycles. The summed E-state index contributed by atoms with van der Waals surface area (Å²) in [4.78, 5) is 34.0. The van der Waals surface area contributed by atoms with Crippen molar-refractivity contribution in [1.82, 2.24) is 4.90 Å². The zero-order chi connectivity index (χ0) is 17.4. The molecule has 6 heteroatoms. The highest BCUT2D eigenvalue weighted by Crippen LogP contribution is 2.43. The highest BCUT2D eigenvalue weighted by Gasteiger charge is 2.39. The van der Waals surface area contributed by atoms with E-state index in [-0.39, 0.29) is 11.8 Å². The second-order valence-electron chi connectivity index (χ2n) is 6.28. The number of aliphatic imine (C=N–C) groups is 1. The van der Waals surface area contributed by atoms with Gasteiger partial charge in [-0.1, -0.05) is 24.3 Å². The number of benzene rings is 1. The van der Waals surface area contributed by atoms with Gasteiger partial charge in [0.2, 0.25) is 0 Å². The van der Waals surface area contributed by atoms with E-state index in [2.05, 4.69) is 16.5 Å². The fraction of sp³-hybridized carbons (Fsp3) is 0.316.